The van der Waals surface area contributed by atoms with Crippen molar-refractivity contribution in [1.82, 2.24) is 15.1 Å². The Kier molecular flexibility index (Phi) is 4.12. The summed E-state index contributed by atoms with van der Waals surface area (Å²) in [4.78, 5) is 23.4. The van der Waals surface area contributed by atoms with Crippen LogP contribution in [0.3, 0.4) is 0 Å². The van der Waals surface area contributed by atoms with Crippen LogP contribution in [0.5, 0.6) is 0 Å². The van der Waals surface area contributed by atoms with E-state index in [1.54, 1.807) is 48.6 Å². The van der Waals surface area contributed by atoms with Crippen molar-refractivity contribution in [3.63, 3.8) is 0 Å². The van der Waals surface area contributed by atoms with Crippen LogP contribution in [0, 0.1) is 20.8 Å². The van der Waals surface area contributed by atoms with Crippen LogP contribution in [-0.2, 0) is 0 Å². The highest BCUT2D eigenvalue weighted by molar-refractivity contribution is 7.18. The largest absolute Gasteiger partial charge is 0.383 e. The van der Waals surface area contributed by atoms with Gasteiger partial charge in [-0.15, -0.1) is 11.3 Å². The number of hydrogen-bond donors (Lipinski definition) is 2. The molecule has 0 aliphatic carbocycles. The second-order valence-electron chi connectivity index (χ2n) is 6.25. The number of rotatable bonds is 3. The molecule has 136 valence electrons. The summed E-state index contributed by atoms with van der Waals surface area (Å²) in [5.74, 6) is 1.76. The molecule has 0 unspecified atom stereocenters. The summed E-state index contributed by atoms with van der Waals surface area (Å²) in [5, 5.41) is 7.36. The fraction of sp³-hybridized carbons (Fsp3) is 0.158. The molecule has 7 nitrogen and oxygen atoms in total. The second-order valence-corrected chi connectivity index (χ2v) is 7.45. The van der Waals surface area contributed by atoms with Crippen molar-refractivity contribution in [3.8, 4) is 11.4 Å². The van der Waals surface area contributed by atoms with E-state index in [0.29, 0.717) is 28.8 Å². The summed E-state index contributed by atoms with van der Waals surface area (Å²) >= 11 is 1.60. The lowest BCUT2D eigenvalue weighted by Crippen LogP contribution is -2.11. The summed E-state index contributed by atoms with van der Waals surface area (Å²) < 4.78 is 4.94. The highest BCUT2D eigenvalue weighted by atomic mass is 32.1. The van der Waals surface area contributed by atoms with Gasteiger partial charge in [0.25, 0.3) is 5.91 Å². The number of benzene rings is 1. The molecule has 1 amide bonds. The number of nitrogen functional groups attached to an aromatic ring is 1. The fourth-order valence-corrected chi connectivity index (χ4v) is 3.83. The Hall–Kier alpha value is -3.26. The lowest BCUT2D eigenvalue weighted by Gasteiger charge is -2.05. The molecule has 1 aromatic carbocycles. The molecule has 0 saturated heterocycles. The minimum atomic E-state index is -0.268. The third kappa shape index (κ3) is 3.15. The molecule has 4 aromatic rings. The zero-order valence-corrected chi connectivity index (χ0v) is 15.8. The highest BCUT2D eigenvalue weighted by Gasteiger charge is 2.14. The van der Waals surface area contributed by atoms with Gasteiger partial charge in [-0.1, -0.05) is 17.3 Å². The summed E-state index contributed by atoms with van der Waals surface area (Å²) in [6, 6.07) is 8.69. The number of amides is 1. The number of thiophene rings is 1. The van der Waals surface area contributed by atoms with Crippen molar-refractivity contribution in [2.75, 3.05) is 11.1 Å². The van der Waals surface area contributed by atoms with Gasteiger partial charge in [-0.25, -0.2) is 9.97 Å². The van der Waals surface area contributed by atoms with E-state index in [0.717, 1.165) is 21.3 Å². The van der Waals surface area contributed by atoms with Crippen LogP contribution in [0.1, 0.15) is 26.6 Å². The van der Waals surface area contributed by atoms with E-state index in [-0.39, 0.29) is 5.91 Å². The molecule has 3 heterocycles. The van der Waals surface area contributed by atoms with Crippen molar-refractivity contribution in [2.45, 2.75) is 20.8 Å². The zero-order chi connectivity index (χ0) is 19.1. The van der Waals surface area contributed by atoms with Gasteiger partial charge in [-0.05, 0) is 38.5 Å². The first-order valence-electron chi connectivity index (χ1n) is 8.30. The summed E-state index contributed by atoms with van der Waals surface area (Å²) in [6.07, 6.45) is 0. The minimum Gasteiger partial charge on any atom is -0.383 e. The predicted octanol–water partition coefficient (Wildman–Crippen LogP) is 4.11. The molecule has 0 aliphatic heterocycles. The number of anilines is 2. The maximum atomic E-state index is 12.3. The molecule has 27 heavy (non-hydrogen) atoms. The summed E-state index contributed by atoms with van der Waals surface area (Å²) in [5.41, 5.74) is 8.56. The van der Waals surface area contributed by atoms with Gasteiger partial charge >= 0.3 is 0 Å². The Labute approximate surface area is 159 Å². The van der Waals surface area contributed by atoms with Crippen LogP contribution in [0.15, 0.2) is 34.9 Å². The van der Waals surface area contributed by atoms with Crippen LogP contribution < -0.4 is 11.1 Å². The third-order valence-corrected chi connectivity index (χ3v) is 5.43. The van der Waals surface area contributed by atoms with E-state index in [1.807, 2.05) is 13.8 Å². The second kappa shape index (κ2) is 6.48. The number of fused-ring (bicyclic) bond motifs is 1. The van der Waals surface area contributed by atoms with Crippen LogP contribution in [0.2, 0.25) is 0 Å². The lowest BCUT2D eigenvalue weighted by atomic mass is 10.1. The van der Waals surface area contributed by atoms with Gasteiger partial charge in [-0.2, -0.15) is 0 Å². The number of carbonyl (C=O) groups is 1. The molecule has 3 aromatic heterocycles. The molecule has 3 N–H and O–H groups in total. The van der Waals surface area contributed by atoms with E-state index in [4.69, 9.17) is 10.3 Å². The van der Waals surface area contributed by atoms with Gasteiger partial charge < -0.3 is 15.6 Å². The standard InChI is InChI=1S/C19H17N5O2S/c1-9-8-14(24-26-9)21-18(25)13-6-4-12(5-7-13)17-22-16(20)15-10(2)11(3)27-19(15)23-17/h4-8H,1-3H3,(H2,20,22,23)(H,21,24,25). The van der Waals surface area contributed by atoms with E-state index in [9.17, 15) is 4.79 Å². The molecule has 0 bridgehead atoms. The molecule has 4 rings (SSSR count). The third-order valence-electron chi connectivity index (χ3n) is 4.33. The number of nitrogens with zero attached hydrogens (tertiary/aromatic N) is 3. The average molecular weight is 379 g/mol. The Morgan fingerprint density at radius 3 is 2.56 bits per heavy atom. The van der Waals surface area contributed by atoms with Crippen LogP contribution >= 0.6 is 11.3 Å². The van der Waals surface area contributed by atoms with Crippen LogP contribution in [0.4, 0.5) is 11.6 Å². The van der Waals surface area contributed by atoms with E-state index >= 15 is 0 Å². The Balaban J connectivity index is 1.62. The molecule has 0 fully saturated rings. The first-order chi connectivity index (χ1) is 12.9. The lowest BCUT2D eigenvalue weighted by molar-refractivity contribution is 0.102. The van der Waals surface area contributed by atoms with Gasteiger partial charge in [0.15, 0.2) is 11.6 Å². The van der Waals surface area contributed by atoms with Crippen molar-refractivity contribution in [3.05, 3.63) is 52.1 Å². The van der Waals surface area contributed by atoms with Crippen molar-refractivity contribution >= 4 is 39.1 Å². The molecule has 8 heteroatoms. The number of nitrogens with two attached hydrogens (primary N) is 1. The summed E-state index contributed by atoms with van der Waals surface area (Å²) in [6.45, 7) is 5.83. The van der Waals surface area contributed by atoms with Crippen molar-refractivity contribution in [2.24, 2.45) is 0 Å². The van der Waals surface area contributed by atoms with Gasteiger partial charge in [-0.3, -0.25) is 4.79 Å². The minimum absolute atomic E-state index is 0.268. The first kappa shape index (κ1) is 17.2. The van der Waals surface area contributed by atoms with Gasteiger partial charge in [0.05, 0.1) is 5.39 Å². The first-order valence-corrected chi connectivity index (χ1v) is 9.12. The Morgan fingerprint density at radius 1 is 1.15 bits per heavy atom. The maximum Gasteiger partial charge on any atom is 0.256 e. The van der Waals surface area contributed by atoms with E-state index in [1.165, 1.54) is 4.88 Å². The van der Waals surface area contributed by atoms with Gasteiger partial charge in [0, 0.05) is 22.1 Å². The fourth-order valence-electron chi connectivity index (χ4n) is 2.79. The quantitative estimate of drug-likeness (QED) is 0.555. The Bertz CT molecular complexity index is 1160. The molecule has 0 atom stereocenters. The molecular formula is C19H17N5O2S. The predicted molar refractivity (Wildman–Crippen MR) is 106 cm³/mol. The zero-order valence-electron chi connectivity index (χ0n) is 15.0. The highest BCUT2D eigenvalue weighted by Crippen LogP contribution is 2.33. The molecular weight excluding hydrogens is 362 g/mol. The normalized spacial score (nSPS) is 11.1. The number of nitrogens with one attached hydrogen (secondary N) is 1. The number of carbonyl (C=O) groups excluding carboxylic acids is 1. The van der Waals surface area contributed by atoms with Crippen molar-refractivity contribution in [1.29, 1.82) is 0 Å². The van der Waals surface area contributed by atoms with Gasteiger partial charge in [0.1, 0.15) is 16.4 Å². The van der Waals surface area contributed by atoms with Crippen molar-refractivity contribution < 1.29 is 9.32 Å². The number of hydrogen-bond acceptors (Lipinski definition) is 7. The number of aryl methyl sites for hydroxylation is 3. The molecule has 0 radical (unpaired) electrons. The van der Waals surface area contributed by atoms with Crippen LogP contribution in [0.25, 0.3) is 21.6 Å². The SMILES string of the molecule is Cc1cc(NC(=O)c2ccc(-c3nc(N)c4c(C)c(C)sc4n3)cc2)no1. The smallest absolute Gasteiger partial charge is 0.256 e. The van der Waals surface area contributed by atoms with E-state index in [2.05, 4.69) is 20.4 Å². The topological polar surface area (TPSA) is 107 Å². The van der Waals surface area contributed by atoms with E-state index < -0.39 is 0 Å². The monoisotopic (exact) mass is 379 g/mol. The average Bonchev–Trinajstić information content (AvgIpc) is 3.18. The molecule has 0 saturated carbocycles. The maximum absolute atomic E-state index is 12.3. The van der Waals surface area contributed by atoms with Crippen LogP contribution in [-0.4, -0.2) is 21.0 Å². The number of aromatic nitrogens is 3. The van der Waals surface area contributed by atoms with Gasteiger partial charge in [0.2, 0.25) is 0 Å². The molecule has 0 aliphatic rings. The Morgan fingerprint density at radius 2 is 1.89 bits per heavy atom. The molecule has 0 spiro atoms. The summed E-state index contributed by atoms with van der Waals surface area (Å²) in [7, 11) is 0.